The molecule has 0 saturated carbocycles. The Balaban J connectivity index is 2.50. The van der Waals surface area contributed by atoms with Gasteiger partial charge >= 0.3 is 0 Å². The van der Waals surface area contributed by atoms with Crippen molar-refractivity contribution in [1.82, 2.24) is 15.1 Å². The topological polar surface area (TPSA) is 72.9 Å². The van der Waals surface area contributed by atoms with Gasteiger partial charge in [0, 0.05) is 6.04 Å². The van der Waals surface area contributed by atoms with E-state index in [4.69, 9.17) is 5.73 Å². The lowest BCUT2D eigenvalue weighted by atomic mass is 10.2. The van der Waals surface area contributed by atoms with Gasteiger partial charge in [-0.25, -0.2) is 0 Å². The van der Waals surface area contributed by atoms with Gasteiger partial charge in [0.15, 0.2) is 0 Å². The molecular weight excluding hydrogens is 156 g/mol. The van der Waals surface area contributed by atoms with E-state index in [-0.39, 0.29) is 11.9 Å². The van der Waals surface area contributed by atoms with Gasteiger partial charge in [-0.1, -0.05) is 0 Å². The summed E-state index contributed by atoms with van der Waals surface area (Å²) in [6.45, 7) is 2.62. The number of amides is 1. The predicted molar refractivity (Wildman–Crippen MR) is 43.6 cm³/mol. The first-order valence-electron chi connectivity index (χ1n) is 3.80. The lowest BCUT2D eigenvalue weighted by Gasteiger charge is -2.21. The van der Waals surface area contributed by atoms with Crippen LogP contribution >= 0.6 is 0 Å². The fourth-order valence-electron chi connectivity index (χ4n) is 1.38. The number of hydrogen-bond donors (Lipinski definition) is 2. The van der Waals surface area contributed by atoms with Crippen LogP contribution in [-0.4, -0.2) is 21.7 Å². The first-order valence-corrected chi connectivity index (χ1v) is 3.80. The monoisotopic (exact) mass is 166 g/mol. The summed E-state index contributed by atoms with van der Waals surface area (Å²) >= 11 is 0. The van der Waals surface area contributed by atoms with E-state index in [9.17, 15) is 4.79 Å². The van der Waals surface area contributed by atoms with Crippen LogP contribution in [0, 0.1) is 0 Å². The van der Waals surface area contributed by atoms with E-state index in [1.165, 1.54) is 6.20 Å². The summed E-state index contributed by atoms with van der Waals surface area (Å²) in [5.74, 6) is -0.135. The highest BCUT2D eigenvalue weighted by molar-refractivity contribution is 5.98. The van der Waals surface area contributed by atoms with Crippen molar-refractivity contribution in [3.63, 3.8) is 0 Å². The minimum atomic E-state index is -0.135. The molecule has 0 unspecified atom stereocenters. The van der Waals surface area contributed by atoms with Gasteiger partial charge in [0.1, 0.15) is 5.69 Å². The van der Waals surface area contributed by atoms with Crippen molar-refractivity contribution < 1.29 is 4.79 Å². The highest BCUT2D eigenvalue weighted by Gasteiger charge is 2.24. The van der Waals surface area contributed by atoms with E-state index in [1.807, 2.05) is 6.92 Å². The van der Waals surface area contributed by atoms with Crippen LogP contribution in [0.3, 0.4) is 0 Å². The minimum absolute atomic E-state index is 0.129. The molecule has 5 nitrogen and oxygen atoms in total. The largest absolute Gasteiger partial charge is 0.396 e. The average molecular weight is 166 g/mol. The summed E-state index contributed by atoms with van der Waals surface area (Å²) < 4.78 is 1.64. The first-order chi connectivity index (χ1) is 5.68. The molecular formula is C7H10N4O. The van der Waals surface area contributed by atoms with Gasteiger partial charge in [0.2, 0.25) is 0 Å². The molecule has 3 N–H and O–H groups in total. The van der Waals surface area contributed by atoms with Crippen LogP contribution in [0.4, 0.5) is 5.69 Å². The molecule has 1 aliphatic rings. The smallest absolute Gasteiger partial charge is 0.271 e. The number of hydrogen-bond acceptors (Lipinski definition) is 3. The second-order valence-electron chi connectivity index (χ2n) is 3.01. The molecule has 2 heterocycles. The summed E-state index contributed by atoms with van der Waals surface area (Å²) in [5.41, 5.74) is 6.48. The summed E-state index contributed by atoms with van der Waals surface area (Å²) in [5, 5.41) is 6.77. The van der Waals surface area contributed by atoms with Gasteiger partial charge in [0.25, 0.3) is 5.91 Å². The van der Waals surface area contributed by atoms with E-state index >= 15 is 0 Å². The Morgan fingerprint density at radius 1 is 1.83 bits per heavy atom. The molecule has 1 aromatic rings. The van der Waals surface area contributed by atoms with Gasteiger partial charge in [0.05, 0.1) is 18.4 Å². The van der Waals surface area contributed by atoms with E-state index in [1.54, 1.807) is 4.68 Å². The normalized spacial score (nSPS) is 21.8. The van der Waals surface area contributed by atoms with Gasteiger partial charge in [-0.3, -0.25) is 9.48 Å². The predicted octanol–water partition coefficient (Wildman–Crippen LogP) is -0.403. The van der Waals surface area contributed by atoms with Crippen LogP contribution < -0.4 is 11.1 Å². The SMILES string of the molecule is C[C@H]1Cn2ncc(N)c2C(=O)N1. The van der Waals surface area contributed by atoms with Gasteiger partial charge in [-0.05, 0) is 6.92 Å². The molecule has 0 fully saturated rings. The number of anilines is 1. The summed E-state index contributed by atoms with van der Waals surface area (Å²) in [6.07, 6.45) is 1.51. The third-order valence-corrected chi connectivity index (χ3v) is 1.91. The Labute approximate surface area is 69.5 Å². The molecule has 0 radical (unpaired) electrons. The van der Waals surface area contributed by atoms with Crippen molar-refractivity contribution in [2.45, 2.75) is 19.5 Å². The van der Waals surface area contributed by atoms with E-state index in [0.717, 1.165) is 0 Å². The molecule has 0 aliphatic carbocycles. The number of rotatable bonds is 0. The molecule has 5 heteroatoms. The number of fused-ring (bicyclic) bond motifs is 1. The Kier molecular flexibility index (Phi) is 1.33. The fraction of sp³-hybridized carbons (Fsp3) is 0.429. The molecule has 1 amide bonds. The third kappa shape index (κ3) is 0.861. The quantitative estimate of drug-likeness (QED) is 0.550. The highest BCUT2D eigenvalue weighted by Crippen LogP contribution is 2.14. The molecule has 1 aromatic heterocycles. The van der Waals surface area contributed by atoms with Crippen LogP contribution in [0.1, 0.15) is 17.4 Å². The van der Waals surface area contributed by atoms with Crippen molar-refractivity contribution in [3.8, 4) is 0 Å². The number of nitrogens with one attached hydrogen (secondary N) is 1. The van der Waals surface area contributed by atoms with E-state index in [0.29, 0.717) is 17.9 Å². The van der Waals surface area contributed by atoms with Crippen molar-refractivity contribution in [2.75, 3.05) is 5.73 Å². The zero-order valence-electron chi connectivity index (χ0n) is 6.74. The molecule has 1 aliphatic heterocycles. The van der Waals surface area contributed by atoms with Crippen LogP contribution in [0.5, 0.6) is 0 Å². The maximum atomic E-state index is 11.3. The number of aromatic nitrogens is 2. The second kappa shape index (κ2) is 2.23. The van der Waals surface area contributed by atoms with Crippen LogP contribution in [-0.2, 0) is 6.54 Å². The zero-order chi connectivity index (χ0) is 8.72. The number of nitrogens with two attached hydrogens (primary N) is 1. The standard InChI is InChI=1S/C7H10N4O/c1-4-3-11-6(7(12)10-4)5(8)2-9-11/h2,4H,3,8H2,1H3,(H,10,12)/t4-/m0/s1. The average Bonchev–Trinajstić information content (AvgIpc) is 2.31. The maximum absolute atomic E-state index is 11.3. The molecule has 64 valence electrons. The van der Waals surface area contributed by atoms with Crippen LogP contribution in [0.2, 0.25) is 0 Å². The maximum Gasteiger partial charge on any atom is 0.271 e. The van der Waals surface area contributed by atoms with Crippen molar-refractivity contribution in [3.05, 3.63) is 11.9 Å². The van der Waals surface area contributed by atoms with Crippen LogP contribution in [0.25, 0.3) is 0 Å². The summed E-state index contributed by atoms with van der Waals surface area (Å²) in [7, 11) is 0. The number of nitrogen functional groups attached to an aromatic ring is 1. The molecule has 1 atom stereocenters. The third-order valence-electron chi connectivity index (χ3n) is 1.91. The Hall–Kier alpha value is -1.52. The fourth-order valence-corrected chi connectivity index (χ4v) is 1.38. The van der Waals surface area contributed by atoms with Crippen molar-refractivity contribution >= 4 is 11.6 Å². The highest BCUT2D eigenvalue weighted by atomic mass is 16.2. The summed E-state index contributed by atoms with van der Waals surface area (Å²) in [6, 6.07) is 0.129. The lowest BCUT2D eigenvalue weighted by Crippen LogP contribution is -2.42. The number of nitrogens with zero attached hydrogens (tertiary/aromatic N) is 2. The van der Waals surface area contributed by atoms with Gasteiger partial charge in [-0.15, -0.1) is 0 Å². The van der Waals surface area contributed by atoms with Crippen LogP contribution in [0.15, 0.2) is 6.20 Å². The van der Waals surface area contributed by atoms with Crippen molar-refractivity contribution in [2.24, 2.45) is 0 Å². The van der Waals surface area contributed by atoms with E-state index in [2.05, 4.69) is 10.4 Å². The first kappa shape index (κ1) is 7.15. The molecule has 0 saturated heterocycles. The molecule has 0 bridgehead atoms. The molecule has 12 heavy (non-hydrogen) atoms. The second-order valence-corrected chi connectivity index (χ2v) is 3.01. The molecule has 0 spiro atoms. The van der Waals surface area contributed by atoms with Gasteiger partial charge in [-0.2, -0.15) is 5.10 Å². The number of carbonyl (C=O) groups is 1. The Bertz CT molecular complexity index is 330. The Morgan fingerprint density at radius 2 is 2.58 bits per heavy atom. The van der Waals surface area contributed by atoms with E-state index < -0.39 is 0 Å². The zero-order valence-corrected chi connectivity index (χ0v) is 6.74. The van der Waals surface area contributed by atoms with Gasteiger partial charge < -0.3 is 11.1 Å². The molecule has 0 aromatic carbocycles. The van der Waals surface area contributed by atoms with Crippen molar-refractivity contribution in [1.29, 1.82) is 0 Å². The summed E-state index contributed by atoms with van der Waals surface area (Å²) in [4.78, 5) is 11.3. The molecule has 2 rings (SSSR count). The lowest BCUT2D eigenvalue weighted by molar-refractivity contribution is 0.0902. The minimum Gasteiger partial charge on any atom is -0.396 e. The Morgan fingerprint density at radius 3 is 3.33 bits per heavy atom. The number of carbonyl (C=O) groups excluding carboxylic acids is 1.